The Morgan fingerprint density at radius 3 is 2.30 bits per heavy atom. The first-order valence-electron chi connectivity index (χ1n) is 10.3. The zero-order valence-corrected chi connectivity index (χ0v) is 21.5. The molecule has 0 spiro atoms. The van der Waals surface area contributed by atoms with Crippen LogP contribution >= 0.6 is 0 Å². The summed E-state index contributed by atoms with van der Waals surface area (Å²) >= 11 is 0. The summed E-state index contributed by atoms with van der Waals surface area (Å²) in [5.74, 6) is -1.79. The number of anilines is 4. The van der Waals surface area contributed by atoms with Gasteiger partial charge in [-0.05, 0) is 31.0 Å². The first-order valence-corrected chi connectivity index (χ1v) is 15.1. The van der Waals surface area contributed by atoms with Crippen LogP contribution in [0.25, 0.3) is 0 Å². The van der Waals surface area contributed by atoms with Crippen molar-refractivity contribution < 1.29 is 44.3 Å². The third-order valence-corrected chi connectivity index (χ3v) is 7.45. The number of sulfonamides is 1. The molecule has 2 aromatic rings. The van der Waals surface area contributed by atoms with Crippen molar-refractivity contribution >= 4 is 59.8 Å². The molecule has 1 aromatic carbocycles. The van der Waals surface area contributed by atoms with Crippen molar-refractivity contribution in [3.05, 3.63) is 18.2 Å². The van der Waals surface area contributed by atoms with Crippen LogP contribution in [0.4, 0.5) is 23.5 Å². The largest absolute Gasteiger partial charge is 0.480 e. The van der Waals surface area contributed by atoms with Gasteiger partial charge < -0.3 is 20.6 Å². The summed E-state index contributed by atoms with van der Waals surface area (Å²) < 4.78 is 90.4. The van der Waals surface area contributed by atoms with Gasteiger partial charge in [0, 0.05) is 19.6 Å². The molecule has 0 saturated carbocycles. The molecule has 0 bridgehead atoms. The summed E-state index contributed by atoms with van der Waals surface area (Å²) in [6.45, 7) is 0.199. The summed E-state index contributed by atoms with van der Waals surface area (Å²) in [5, 5.41) is 14.7. The fourth-order valence-electron chi connectivity index (χ4n) is 3.41. The number of nitrogens with zero attached hydrogens (tertiary/aromatic N) is 4. The van der Waals surface area contributed by atoms with Crippen molar-refractivity contribution in [1.82, 2.24) is 19.7 Å². The van der Waals surface area contributed by atoms with Crippen LogP contribution in [0, 0.1) is 0 Å². The third kappa shape index (κ3) is 7.66. The molecule has 0 aliphatic carbocycles. The van der Waals surface area contributed by atoms with Gasteiger partial charge in [-0.2, -0.15) is 31.8 Å². The lowest BCUT2D eigenvalue weighted by molar-refractivity contribution is -0.138. The Morgan fingerprint density at radius 1 is 1.03 bits per heavy atom. The van der Waals surface area contributed by atoms with Crippen LogP contribution in [0.15, 0.2) is 28.0 Å². The van der Waals surface area contributed by atoms with Crippen LogP contribution in [0.5, 0.6) is 0 Å². The first-order chi connectivity index (χ1) is 17.0. The van der Waals surface area contributed by atoms with E-state index in [9.17, 15) is 44.3 Å². The Balaban J connectivity index is 2.04. The van der Waals surface area contributed by atoms with Crippen LogP contribution in [0.3, 0.4) is 0 Å². The minimum atomic E-state index is -4.88. The summed E-state index contributed by atoms with van der Waals surface area (Å²) in [5.41, 5.74) is -0.518. The number of hydrogen-bond acceptors (Lipinski definition) is 13. The lowest BCUT2D eigenvalue weighted by Gasteiger charge is -2.22. The van der Waals surface area contributed by atoms with Gasteiger partial charge in [0.15, 0.2) is 0 Å². The minimum absolute atomic E-state index is 0.00711. The first kappa shape index (κ1) is 28.4. The molecule has 20 heteroatoms. The molecule has 204 valence electrons. The molecule has 1 aliphatic heterocycles. The molecule has 3 rings (SSSR count). The lowest BCUT2D eigenvalue weighted by Crippen LogP contribution is -2.37. The van der Waals surface area contributed by atoms with E-state index in [2.05, 4.69) is 30.3 Å². The van der Waals surface area contributed by atoms with E-state index in [1.807, 2.05) is 0 Å². The molecule has 1 fully saturated rings. The zero-order valence-electron chi connectivity index (χ0n) is 19.1. The standard InChI is InChI=1S/C17H23N7O10S3/c1-35(27,28)19-7-6-18-15-21-16(23-17(22-15)24-8-2-3-12(24)14(25)26)20-11-9-10(36(29,30)31)4-5-13(11)37(32,33)34/h4-5,9,12,19H,2-3,6-8H2,1H3,(H,25,26)(H,29,30,31)(H,32,33,34)(H2,18,20,21,22,23). The van der Waals surface area contributed by atoms with Crippen LogP contribution in [0.1, 0.15) is 12.8 Å². The van der Waals surface area contributed by atoms with Gasteiger partial charge in [-0.3, -0.25) is 9.11 Å². The fourth-order valence-corrected chi connectivity index (χ4v) is 5.02. The predicted octanol–water partition coefficient (Wildman–Crippen LogP) is -0.877. The number of aromatic nitrogens is 3. The maximum Gasteiger partial charge on any atom is 0.326 e. The molecule has 0 radical (unpaired) electrons. The van der Waals surface area contributed by atoms with E-state index in [-0.39, 0.29) is 37.5 Å². The normalized spacial score (nSPS) is 16.5. The van der Waals surface area contributed by atoms with Crippen molar-refractivity contribution in [2.24, 2.45) is 0 Å². The van der Waals surface area contributed by atoms with Gasteiger partial charge in [-0.25, -0.2) is 17.9 Å². The highest BCUT2D eigenvalue weighted by Gasteiger charge is 2.33. The van der Waals surface area contributed by atoms with E-state index in [4.69, 9.17) is 0 Å². The average molecular weight is 582 g/mol. The van der Waals surface area contributed by atoms with Crippen LogP contribution in [0.2, 0.25) is 0 Å². The van der Waals surface area contributed by atoms with Gasteiger partial charge in [-0.1, -0.05) is 0 Å². The van der Waals surface area contributed by atoms with E-state index in [0.717, 1.165) is 24.5 Å². The maximum atomic E-state index is 11.8. The van der Waals surface area contributed by atoms with E-state index in [0.29, 0.717) is 12.8 Å². The van der Waals surface area contributed by atoms with E-state index in [1.54, 1.807) is 0 Å². The Bertz CT molecular complexity index is 1510. The molecule has 6 N–H and O–H groups in total. The average Bonchev–Trinajstić information content (AvgIpc) is 3.25. The Labute approximate surface area is 211 Å². The summed E-state index contributed by atoms with van der Waals surface area (Å²) in [4.78, 5) is 23.9. The molecule has 1 atom stereocenters. The topological polar surface area (TPSA) is 258 Å². The van der Waals surface area contributed by atoms with Crippen LogP contribution in [-0.4, -0.2) is 92.3 Å². The molecule has 2 heterocycles. The number of carboxylic acids is 1. The second kappa shape index (κ2) is 10.7. The highest BCUT2D eigenvalue weighted by molar-refractivity contribution is 7.88. The molecule has 1 unspecified atom stereocenters. The highest BCUT2D eigenvalue weighted by Crippen LogP contribution is 2.29. The molecule has 1 aromatic heterocycles. The molecular formula is C17H23N7O10S3. The van der Waals surface area contributed by atoms with Crippen molar-refractivity contribution in [2.75, 3.05) is 41.4 Å². The van der Waals surface area contributed by atoms with E-state index in [1.165, 1.54) is 4.90 Å². The van der Waals surface area contributed by atoms with Crippen molar-refractivity contribution in [3.63, 3.8) is 0 Å². The van der Waals surface area contributed by atoms with E-state index < -0.39 is 57.7 Å². The van der Waals surface area contributed by atoms with Gasteiger partial charge in [-0.15, -0.1) is 0 Å². The molecule has 1 saturated heterocycles. The number of hydrogen-bond donors (Lipinski definition) is 6. The molecule has 37 heavy (non-hydrogen) atoms. The quantitative estimate of drug-likeness (QED) is 0.139. The maximum absolute atomic E-state index is 11.8. The number of aliphatic carboxylic acids is 1. The van der Waals surface area contributed by atoms with Crippen molar-refractivity contribution in [3.8, 4) is 0 Å². The number of carbonyl (C=O) groups is 1. The molecule has 1 aliphatic rings. The second-order valence-electron chi connectivity index (χ2n) is 7.80. The number of benzene rings is 1. The third-order valence-electron chi connectivity index (χ3n) is 4.96. The zero-order chi connectivity index (χ0) is 27.6. The fraction of sp³-hybridized carbons (Fsp3) is 0.412. The van der Waals surface area contributed by atoms with Gasteiger partial charge >= 0.3 is 5.97 Å². The lowest BCUT2D eigenvalue weighted by atomic mass is 10.2. The highest BCUT2D eigenvalue weighted by atomic mass is 32.2. The Kier molecular flexibility index (Phi) is 8.19. The van der Waals surface area contributed by atoms with Crippen molar-refractivity contribution in [1.29, 1.82) is 0 Å². The number of nitrogens with one attached hydrogen (secondary N) is 3. The summed E-state index contributed by atoms with van der Waals surface area (Å²) in [6.07, 6.45) is 1.77. The molecule has 0 amide bonds. The monoisotopic (exact) mass is 581 g/mol. The smallest absolute Gasteiger partial charge is 0.326 e. The van der Waals surface area contributed by atoms with Crippen LogP contribution < -0.4 is 20.3 Å². The summed E-state index contributed by atoms with van der Waals surface area (Å²) in [6, 6.07) is 1.25. The SMILES string of the molecule is CS(=O)(=O)NCCNc1nc(Nc2cc(S(=O)(=O)O)ccc2S(=O)(=O)O)nc(N2CCCC2C(=O)O)n1. The minimum Gasteiger partial charge on any atom is -0.480 e. The van der Waals surface area contributed by atoms with Crippen molar-refractivity contribution in [2.45, 2.75) is 28.7 Å². The predicted molar refractivity (Wildman–Crippen MR) is 129 cm³/mol. The number of rotatable bonds is 11. The second-order valence-corrected chi connectivity index (χ2v) is 12.4. The van der Waals surface area contributed by atoms with E-state index >= 15 is 0 Å². The van der Waals surface area contributed by atoms with Gasteiger partial charge in [0.05, 0.1) is 16.8 Å². The van der Waals surface area contributed by atoms with Gasteiger partial charge in [0.2, 0.25) is 27.9 Å². The molecular weight excluding hydrogens is 558 g/mol. The molecule has 17 nitrogen and oxygen atoms in total. The van der Waals surface area contributed by atoms with Gasteiger partial charge in [0.1, 0.15) is 10.9 Å². The summed E-state index contributed by atoms with van der Waals surface area (Å²) in [7, 11) is -13.1. The van der Waals surface area contributed by atoms with Crippen LogP contribution in [-0.2, 0) is 35.1 Å². The Hall–Kier alpha value is -3.17. The number of carboxylic acid groups (broad SMARTS) is 1. The van der Waals surface area contributed by atoms with Gasteiger partial charge in [0.25, 0.3) is 20.2 Å². The Morgan fingerprint density at radius 2 is 1.70 bits per heavy atom.